The molecule has 0 N–H and O–H groups in total. The van der Waals surface area contributed by atoms with E-state index >= 15 is 0 Å². The largest absolute Gasteiger partial charge is 0.493 e. The van der Waals surface area contributed by atoms with E-state index in [9.17, 15) is 4.79 Å². The van der Waals surface area contributed by atoms with Gasteiger partial charge in [-0.05, 0) is 53.1 Å². The molecule has 98 valence electrons. The molecule has 1 fully saturated rings. The Kier molecular flexibility index (Phi) is 4.48. The molecule has 18 heavy (non-hydrogen) atoms. The maximum atomic E-state index is 12.0. The fourth-order valence-electron chi connectivity index (χ4n) is 2.45. The topological polar surface area (TPSA) is 35.5 Å². The van der Waals surface area contributed by atoms with Gasteiger partial charge in [-0.25, -0.2) is 0 Å². The Bertz CT molecular complexity index is 457. The van der Waals surface area contributed by atoms with Crippen LogP contribution in [-0.2, 0) is 4.79 Å². The van der Waals surface area contributed by atoms with Crippen LogP contribution >= 0.6 is 22.6 Å². The number of ketones is 1. The van der Waals surface area contributed by atoms with Gasteiger partial charge in [-0.2, -0.15) is 0 Å². The highest BCUT2D eigenvalue weighted by Crippen LogP contribution is 2.38. The molecule has 1 aliphatic rings. The van der Waals surface area contributed by atoms with Gasteiger partial charge in [-0.1, -0.05) is 6.42 Å². The summed E-state index contributed by atoms with van der Waals surface area (Å²) in [6.07, 6.45) is 3.81. The van der Waals surface area contributed by atoms with Crippen molar-refractivity contribution >= 4 is 28.4 Å². The van der Waals surface area contributed by atoms with E-state index in [1.54, 1.807) is 14.2 Å². The number of ether oxygens (including phenoxy) is 2. The van der Waals surface area contributed by atoms with Gasteiger partial charge in [0.05, 0.1) is 14.2 Å². The van der Waals surface area contributed by atoms with Crippen molar-refractivity contribution in [2.24, 2.45) is 0 Å². The van der Waals surface area contributed by atoms with Crippen LogP contribution in [0.3, 0.4) is 0 Å². The maximum absolute atomic E-state index is 12.0. The predicted octanol–water partition coefficient (Wildman–Crippen LogP) is 3.54. The SMILES string of the molecule is COc1cc(I)c(C2CCCCC2=O)cc1OC. The summed E-state index contributed by atoms with van der Waals surface area (Å²) in [6, 6.07) is 3.89. The summed E-state index contributed by atoms with van der Waals surface area (Å²) in [5.74, 6) is 1.80. The molecule has 0 aliphatic heterocycles. The van der Waals surface area contributed by atoms with Crippen LogP contribution in [0.25, 0.3) is 0 Å². The summed E-state index contributed by atoms with van der Waals surface area (Å²) < 4.78 is 11.7. The van der Waals surface area contributed by atoms with Crippen LogP contribution in [0.2, 0.25) is 0 Å². The monoisotopic (exact) mass is 360 g/mol. The molecular weight excluding hydrogens is 343 g/mol. The Hall–Kier alpha value is -0.780. The molecule has 1 aromatic carbocycles. The van der Waals surface area contributed by atoms with Crippen molar-refractivity contribution in [3.8, 4) is 11.5 Å². The van der Waals surface area contributed by atoms with Gasteiger partial charge in [0.1, 0.15) is 5.78 Å². The second-order valence-corrected chi connectivity index (χ2v) is 5.66. The average molecular weight is 360 g/mol. The first-order valence-corrected chi connectivity index (χ1v) is 7.19. The first kappa shape index (κ1) is 13.6. The second kappa shape index (κ2) is 5.91. The Labute approximate surface area is 121 Å². The molecule has 1 aromatic rings. The molecule has 3 nitrogen and oxygen atoms in total. The summed E-state index contributed by atoms with van der Waals surface area (Å²) >= 11 is 2.27. The van der Waals surface area contributed by atoms with Crippen molar-refractivity contribution < 1.29 is 14.3 Å². The Morgan fingerprint density at radius 2 is 1.83 bits per heavy atom. The van der Waals surface area contributed by atoms with Crippen LogP contribution in [0.5, 0.6) is 11.5 Å². The van der Waals surface area contributed by atoms with E-state index in [-0.39, 0.29) is 5.92 Å². The van der Waals surface area contributed by atoms with E-state index in [0.29, 0.717) is 23.7 Å². The number of halogens is 1. The highest BCUT2D eigenvalue weighted by atomic mass is 127. The lowest BCUT2D eigenvalue weighted by molar-refractivity contribution is -0.121. The molecule has 1 saturated carbocycles. The minimum Gasteiger partial charge on any atom is -0.493 e. The van der Waals surface area contributed by atoms with E-state index in [4.69, 9.17) is 9.47 Å². The van der Waals surface area contributed by atoms with Crippen LogP contribution in [0, 0.1) is 3.57 Å². The molecule has 0 radical (unpaired) electrons. The molecular formula is C14H17IO3. The van der Waals surface area contributed by atoms with Gasteiger partial charge in [0.25, 0.3) is 0 Å². The number of hydrogen-bond acceptors (Lipinski definition) is 3. The van der Waals surface area contributed by atoms with Crippen molar-refractivity contribution in [2.45, 2.75) is 31.6 Å². The van der Waals surface area contributed by atoms with Crippen molar-refractivity contribution in [1.29, 1.82) is 0 Å². The summed E-state index contributed by atoms with van der Waals surface area (Å²) in [5.41, 5.74) is 1.08. The Morgan fingerprint density at radius 1 is 1.17 bits per heavy atom. The third-order valence-electron chi connectivity index (χ3n) is 3.43. The van der Waals surface area contributed by atoms with Crippen LogP contribution in [0.1, 0.15) is 37.2 Å². The third kappa shape index (κ3) is 2.63. The molecule has 2 rings (SSSR count). The van der Waals surface area contributed by atoms with E-state index in [2.05, 4.69) is 22.6 Å². The summed E-state index contributed by atoms with van der Waals surface area (Å²) in [4.78, 5) is 12.0. The normalized spacial score (nSPS) is 19.7. The molecule has 1 unspecified atom stereocenters. The van der Waals surface area contributed by atoms with E-state index < -0.39 is 0 Å². The number of benzene rings is 1. The Morgan fingerprint density at radius 3 is 2.44 bits per heavy atom. The van der Waals surface area contributed by atoms with Crippen LogP contribution < -0.4 is 9.47 Å². The molecule has 0 saturated heterocycles. The zero-order valence-electron chi connectivity index (χ0n) is 10.7. The highest BCUT2D eigenvalue weighted by molar-refractivity contribution is 14.1. The number of carbonyl (C=O) groups excluding carboxylic acids is 1. The fourth-order valence-corrected chi connectivity index (χ4v) is 3.26. The van der Waals surface area contributed by atoms with Crippen LogP contribution in [0.15, 0.2) is 12.1 Å². The van der Waals surface area contributed by atoms with Gasteiger partial charge < -0.3 is 9.47 Å². The van der Waals surface area contributed by atoms with Gasteiger partial charge >= 0.3 is 0 Å². The molecule has 0 aromatic heterocycles. The predicted molar refractivity (Wildman–Crippen MR) is 78.5 cm³/mol. The highest BCUT2D eigenvalue weighted by Gasteiger charge is 2.26. The fraction of sp³-hybridized carbons (Fsp3) is 0.500. The lowest BCUT2D eigenvalue weighted by Crippen LogP contribution is -2.18. The molecule has 0 spiro atoms. The minimum absolute atomic E-state index is 0.0328. The quantitative estimate of drug-likeness (QED) is 0.774. The van der Waals surface area contributed by atoms with Crippen molar-refractivity contribution in [3.05, 3.63) is 21.3 Å². The van der Waals surface area contributed by atoms with E-state index in [1.807, 2.05) is 12.1 Å². The molecule has 4 heteroatoms. The summed E-state index contributed by atoms with van der Waals surface area (Å²) in [7, 11) is 3.25. The zero-order chi connectivity index (χ0) is 13.1. The number of rotatable bonds is 3. The summed E-state index contributed by atoms with van der Waals surface area (Å²) in [5, 5.41) is 0. The van der Waals surface area contributed by atoms with Gasteiger partial charge in [0, 0.05) is 15.9 Å². The molecule has 0 amide bonds. The maximum Gasteiger partial charge on any atom is 0.161 e. The molecule has 1 atom stereocenters. The lowest BCUT2D eigenvalue weighted by Gasteiger charge is -2.23. The number of hydrogen-bond donors (Lipinski definition) is 0. The number of Topliss-reactive ketones (excluding diaryl/α,β-unsaturated/α-hetero) is 1. The van der Waals surface area contributed by atoms with Gasteiger partial charge in [0.2, 0.25) is 0 Å². The number of methoxy groups -OCH3 is 2. The van der Waals surface area contributed by atoms with Gasteiger partial charge in [-0.3, -0.25) is 4.79 Å². The van der Waals surface area contributed by atoms with E-state index in [0.717, 1.165) is 28.4 Å². The molecule has 1 aliphatic carbocycles. The van der Waals surface area contributed by atoms with E-state index in [1.165, 1.54) is 0 Å². The van der Waals surface area contributed by atoms with Gasteiger partial charge in [-0.15, -0.1) is 0 Å². The second-order valence-electron chi connectivity index (χ2n) is 4.49. The lowest BCUT2D eigenvalue weighted by atomic mass is 9.83. The van der Waals surface area contributed by atoms with Crippen molar-refractivity contribution in [2.75, 3.05) is 14.2 Å². The smallest absolute Gasteiger partial charge is 0.161 e. The zero-order valence-corrected chi connectivity index (χ0v) is 12.8. The first-order valence-electron chi connectivity index (χ1n) is 6.11. The van der Waals surface area contributed by atoms with Crippen molar-refractivity contribution in [3.63, 3.8) is 0 Å². The first-order chi connectivity index (χ1) is 8.67. The summed E-state index contributed by atoms with van der Waals surface area (Å²) in [6.45, 7) is 0. The van der Waals surface area contributed by atoms with Crippen LogP contribution in [-0.4, -0.2) is 20.0 Å². The van der Waals surface area contributed by atoms with Crippen LogP contribution in [0.4, 0.5) is 0 Å². The third-order valence-corrected chi connectivity index (χ3v) is 4.37. The van der Waals surface area contributed by atoms with Crippen molar-refractivity contribution in [1.82, 2.24) is 0 Å². The standard InChI is InChI=1S/C14H17IO3/c1-17-13-7-10(11(15)8-14(13)18-2)9-5-3-4-6-12(9)16/h7-9H,3-6H2,1-2H3. The number of carbonyl (C=O) groups is 1. The van der Waals surface area contributed by atoms with Gasteiger partial charge in [0.15, 0.2) is 11.5 Å². The Balaban J connectivity index is 2.40. The average Bonchev–Trinajstić information content (AvgIpc) is 2.39. The molecule has 0 heterocycles. The molecule has 0 bridgehead atoms. The minimum atomic E-state index is 0.0328.